The minimum Gasteiger partial charge on any atom is -0.307 e. The Morgan fingerprint density at radius 1 is 1.33 bits per heavy atom. The van der Waals surface area contributed by atoms with Crippen LogP contribution in [0.3, 0.4) is 0 Å². The smallest absolute Gasteiger partial charge is 0.263 e. The molecule has 0 spiro atoms. The van der Waals surface area contributed by atoms with Crippen molar-refractivity contribution < 1.29 is 9.59 Å². The fourth-order valence-corrected chi connectivity index (χ4v) is 3.17. The second-order valence-electron chi connectivity index (χ2n) is 4.58. The number of amides is 2. The summed E-state index contributed by atoms with van der Waals surface area (Å²) in [5.41, 5.74) is 1.37. The molecule has 1 unspecified atom stereocenters. The molecular weight excluding hydrogens is 306 g/mol. The van der Waals surface area contributed by atoms with Gasteiger partial charge in [0.05, 0.1) is 22.2 Å². The third-order valence-electron chi connectivity index (χ3n) is 3.14. The molecule has 2 aliphatic rings. The first kappa shape index (κ1) is 14.0. The predicted octanol–water partition coefficient (Wildman–Crippen LogP) is 2.06. The van der Waals surface area contributed by atoms with Gasteiger partial charge in [0.1, 0.15) is 4.32 Å². The fourth-order valence-electron chi connectivity index (χ4n) is 2.11. The Balaban J connectivity index is 1.88. The topological polar surface area (TPSA) is 61.8 Å². The summed E-state index contributed by atoms with van der Waals surface area (Å²) >= 11 is 6.11. The van der Waals surface area contributed by atoms with Crippen LogP contribution in [0.1, 0.15) is 6.92 Å². The number of thioether (sulfide) groups is 1. The minimum absolute atomic E-state index is 0.169. The summed E-state index contributed by atoms with van der Waals surface area (Å²) in [7, 11) is 0. The number of anilines is 1. The average Bonchev–Trinajstić information content (AvgIpc) is 2.93. The van der Waals surface area contributed by atoms with Crippen LogP contribution < -0.4 is 10.3 Å². The second kappa shape index (κ2) is 5.42. The Bertz CT molecular complexity index is 697. The zero-order valence-corrected chi connectivity index (χ0v) is 12.7. The zero-order valence-electron chi connectivity index (χ0n) is 11.1. The summed E-state index contributed by atoms with van der Waals surface area (Å²) in [6.45, 7) is 1.78. The van der Waals surface area contributed by atoms with E-state index in [2.05, 4.69) is 10.4 Å². The second-order valence-corrected chi connectivity index (χ2v) is 6.30. The van der Waals surface area contributed by atoms with E-state index in [0.29, 0.717) is 20.6 Å². The molecule has 0 radical (unpaired) electrons. The molecule has 1 N–H and O–H groups in total. The van der Waals surface area contributed by atoms with Crippen LogP contribution in [0.4, 0.5) is 5.69 Å². The number of rotatable bonds is 2. The zero-order chi connectivity index (χ0) is 15.0. The number of carbonyl (C=O) groups is 2. The van der Waals surface area contributed by atoms with Gasteiger partial charge in [-0.3, -0.25) is 9.59 Å². The van der Waals surface area contributed by atoms with Crippen molar-refractivity contribution in [3.05, 3.63) is 41.3 Å². The van der Waals surface area contributed by atoms with E-state index in [1.54, 1.807) is 13.0 Å². The summed E-state index contributed by atoms with van der Waals surface area (Å²) in [5.74, 6) is -0.958. The number of nitrogens with zero attached hydrogens (tertiary/aromatic N) is 2. The third kappa shape index (κ3) is 2.62. The van der Waals surface area contributed by atoms with Crippen molar-refractivity contribution in [3.8, 4) is 0 Å². The highest BCUT2D eigenvalue weighted by atomic mass is 32.2. The van der Waals surface area contributed by atoms with Crippen LogP contribution in [0.5, 0.6) is 0 Å². The SMILES string of the molecule is CC1=NN(c2ccccc2)C(=O)C1C=C1SC(=S)NC1=O. The maximum atomic E-state index is 12.5. The first-order chi connectivity index (χ1) is 10.1. The van der Waals surface area contributed by atoms with E-state index in [-0.39, 0.29) is 11.8 Å². The summed E-state index contributed by atoms with van der Waals surface area (Å²) < 4.78 is 0.409. The van der Waals surface area contributed by atoms with Crippen molar-refractivity contribution in [1.29, 1.82) is 0 Å². The van der Waals surface area contributed by atoms with E-state index in [0.717, 1.165) is 0 Å². The van der Waals surface area contributed by atoms with Crippen LogP contribution in [0.2, 0.25) is 0 Å². The van der Waals surface area contributed by atoms with Crippen LogP contribution >= 0.6 is 24.0 Å². The quantitative estimate of drug-likeness (QED) is 0.670. The van der Waals surface area contributed by atoms with Gasteiger partial charge in [0, 0.05) is 0 Å². The van der Waals surface area contributed by atoms with Crippen molar-refractivity contribution in [1.82, 2.24) is 5.32 Å². The molecule has 1 aromatic rings. The number of thiocarbonyl (C=S) groups is 1. The van der Waals surface area contributed by atoms with Crippen molar-refractivity contribution in [3.63, 3.8) is 0 Å². The van der Waals surface area contributed by atoms with Gasteiger partial charge < -0.3 is 5.32 Å². The van der Waals surface area contributed by atoms with E-state index in [1.165, 1.54) is 16.8 Å². The van der Waals surface area contributed by atoms with E-state index in [4.69, 9.17) is 12.2 Å². The molecule has 7 heteroatoms. The highest BCUT2D eigenvalue weighted by molar-refractivity contribution is 8.26. The number of hydrogen-bond donors (Lipinski definition) is 1. The average molecular weight is 317 g/mol. The molecule has 0 aliphatic carbocycles. The molecule has 106 valence electrons. The lowest BCUT2D eigenvalue weighted by Gasteiger charge is -2.12. The van der Waals surface area contributed by atoms with Crippen molar-refractivity contribution in [2.75, 3.05) is 5.01 Å². The lowest BCUT2D eigenvalue weighted by molar-refractivity contribution is -0.118. The standard InChI is InChI=1S/C14H11N3O2S2/c1-8-10(7-11-12(18)15-14(20)21-11)13(19)17(16-8)9-5-3-2-4-6-9/h2-7,10H,1H3,(H,15,18,20). The maximum absolute atomic E-state index is 12.5. The summed E-state index contributed by atoms with van der Waals surface area (Å²) in [6.07, 6.45) is 1.63. The van der Waals surface area contributed by atoms with Gasteiger partial charge in [0.25, 0.3) is 11.8 Å². The van der Waals surface area contributed by atoms with Gasteiger partial charge in [-0.1, -0.05) is 42.2 Å². The minimum atomic E-state index is -0.528. The van der Waals surface area contributed by atoms with Crippen LogP contribution in [0.25, 0.3) is 0 Å². The summed E-state index contributed by atoms with van der Waals surface area (Å²) in [4.78, 5) is 24.6. The molecule has 0 aromatic heterocycles. The van der Waals surface area contributed by atoms with Crippen LogP contribution in [-0.2, 0) is 9.59 Å². The van der Waals surface area contributed by atoms with Gasteiger partial charge in [-0.15, -0.1) is 0 Å². The number of carbonyl (C=O) groups excluding carboxylic acids is 2. The molecule has 3 rings (SSSR count). The van der Waals surface area contributed by atoms with E-state index in [1.807, 2.05) is 30.3 Å². The van der Waals surface area contributed by atoms with Gasteiger partial charge in [0.2, 0.25) is 0 Å². The molecule has 0 saturated carbocycles. The van der Waals surface area contributed by atoms with Crippen LogP contribution in [0.15, 0.2) is 46.4 Å². The Labute approximate surface area is 131 Å². The van der Waals surface area contributed by atoms with Gasteiger partial charge in [-0.2, -0.15) is 10.1 Å². The number of para-hydroxylation sites is 1. The molecule has 2 aliphatic heterocycles. The molecule has 1 fully saturated rings. The van der Waals surface area contributed by atoms with Gasteiger partial charge >= 0.3 is 0 Å². The molecule has 1 saturated heterocycles. The largest absolute Gasteiger partial charge is 0.307 e. The third-order valence-corrected chi connectivity index (χ3v) is 4.32. The first-order valence-corrected chi connectivity index (χ1v) is 7.48. The predicted molar refractivity (Wildman–Crippen MR) is 86.9 cm³/mol. The molecule has 21 heavy (non-hydrogen) atoms. The lowest BCUT2D eigenvalue weighted by Crippen LogP contribution is -2.26. The molecule has 0 bridgehead atoms. The number of hydrazone groups is 1. The maximum Gasteiger partial charge on any atom is 0.263 e. The van der Waals surface area contributed by atoms with E-state index in [9.17, 15) is 9.59 Å². The molecule has 1 aromatic carbocycles. The van der Waals surface area contributed by atoms with E-state index < -0.39 is 5.92 Å². The monoisotopic (exact) mass is 317 g/mol. The molecule has 5 nitrogen and oxygen atoms in total. The highest BCUT2D eigenvalue weighted by Crippen LogP contribution is 2.29. The summed E-state index contributed by atoms with van der Waals surface area (Å²) in [6, 6.07) is 9.20. The fraction of sp³-hybridized carbons (Fsp3) is 0.143. The Hall–Kier alpha value is -1.99. The molecule has 1 atom stereocenters. The van der Waals surface area contributed by atoms with E-state index >= 15 is 0 Å². The molecule has 2 amide bonds. The highest BCUT2D eigenvalue weighted by Gasteiger charge is 2.35. The Morgan fingerprint density at radius 3 is 2.67 bits per heavy atom. The number of benzene rings is 1. The Kier molecular flexibility index (Phi) is 3.60. The van der Waals surface area contributed by atoms with Crippen LogP contribution in [0, 0.1) is 5.92 Å². The first-order valence-electron chi connectivity index (χ1n) is 6.25. The summed E-state index contributed by atoms with van der Waals surface area (Å²) in [5, 5.41) is 8.19. The number of hydrogen-bond acceptors (Lipinski definition) is 5. The van der Waals surface area contributed by atoms with Gasteiger partial charge in [0.15, 0.2) is 0 Å². The van der Waals surface area contributed by atoms with Crippen molar-refractivity contribution in [2.24, 2.45) is 11.0 Å². The van der Waals surface area contributed by atoms with Crippen LogP contribution in [-0.4, -0.2) is 21.8 Å². The molecular formula is C14H11N3O2S2. The van der Waals surface area contributed by atoms with Gasteiger partial charge in [-0.25, -0.2) is 0 Å². The number of nitrogens with one attached hydrogen (secondary N) is 1. The Morgan fingerprint density at radius 2 is 2.05 bits per heavy atom. The molecule has 2 heterocycles. The lowest BCUT2D eigenvalue weighted by atomic mass is 10.0. The van der Waals surface area contributed by atoms with Crippen molar-refractivity contribution in [2.45, 2.75) is 6.92 Å². The van der Waals surface area contributed by atoms with Crippen molar-refractivity contribution >= 4 is 51.5 Å². The normalized spacial score (nSPS) is 23.8. The van der Waals surface area contributed by atoms with Gasteiger partial charge in [-0.05, 0) is 25.1 Å².